The van der Waals surface area contributed by atoms with Crippen molar-refractivity contribution in [2.24, 2.45) is 0 Å². The molecule has 0 atom stereocenters. The smallest absolute Gasteiger partial charge is 0.268 e. The standard InChI is InChI=1S/C26H22ClNO2S/c1-15-11-16(2)13-21(12-15)28-25(29)23(19-6-5-17(3)18(4)14-19)24(26(28)30)31-22-9-7-20(27)8-10-22/h5-14H,1-4H3. The Bertz CT molecular complexity index is 1220. The molecule has 1 aliphatic rings. The summed E-state index contributed by atoms with van der Waals surface area (Å²) in [7, 11) is 0. The van der Waals surface area contributed by atoms with E-state index >= 15 is 0 Å². The van der Waals surface area contributed by atoms with Crippen molar-refractivity contribution in [3.8, 4) is 0 Å². The average molecular weight is 448 g/mol. The average Bonchev–Trinajstić information content (AvgIpc) is 2.95. The number of carbonyl (C=O) groups excluding carboxylic acids is 2. The van der Waals surface area contributed by atoms with Gasteiger partial charge in [0.05, 0.1) is 16.2 Å². The second-order valence-corrected chi connectivity index (χ2v) is 9.37. The van der Waals surface area contributed by atoms with E-state index in [0.29, 0.717) is 21.2 Å². The van der Waals surface area contributed by atoms with Gasteiger partial charge in [-0.25, -0.2) is 4.90 Å². The molecule has 3 aromatic rings. The molecule has 0 bridgehead atoms. The third-order valence-electron chi connectivity index (χ3n) is 5.34. The van der Waals surface area contributed by atoms with Gasteiger partial charge >= 0.3 is 0 Å². The minimum atomic E-state index is -0.303. The van der Waals surface area contributed by atoms with E-state index in [1.807, 2.05) is 76.2 Å². The van der Waals surface area contributed by atoms with Crippen molar-refractivity contribution in [2.75, 3.05) is 4.90 Å². The number of halogens is 1. The first kappa shape index (κ1) is 21.4. The van der Waals surface area contributed by atoms with Gasteiger partial charge in [-0.2, -0.15) is 0 Å². The van der Waals surface area contributed by atoms with Crippen LogP contribution in [-0.2, 0) is 9.59 Å². The van der Waals surface area contributed by atoms with E-state index < -0.39 is 0 Å². The summed E-state index contributed by atoms with van der Waals surface area (Å²) in [5, 5.41) is 0.624. The highest BCUT2D eigenvalue weighted by Gasteiger charge is 2.40. The first-order chi connectivity index (χ1) is 14.7. The zero-order valence-corrected chi connectivity index (χ0v) is 19.4. The van der Waals surface area contributed by atoms with Crippen LogP contribution >= 0.6 is 23.4 Å². The number of thioether (sulfide) groups is 1. The summed E-state index contributed by atoms with van der Waals surface area (Å²) in [5.41, 5.74) is 6.01. The van der Waals surface area contributed by atoms with Gasteiger partial charge < -0.3 is 0 Å². The molecule has 0 N–H and O–H groups in total. The number of hydrogen-bond acceptors (Lipinski definition) is 3. The van der Waals surface area contributed by atoms with Gasteiger partial charge in [0.25, 0.3) is 11.8 Å². The predicted molar refractivity (Wildman–Crippen MR) is 129 cm³/mol. The van der Waals surface area contributed by atoms with Gasteiger partial charge in [0.1, 0.15) is 0 Å². The van der Waals surface area contributed by atoms with Crippen molar-refractivity contribution in [1.29, 1.82) is 0 Å². The van der Waals surface area contributed by atoms with Crippen molar-refractivity contribution in [1.82, 2.24) is 0 Å². The van der Waals surface area contributed by atoms with Crippen molar-refractivity contribution >= 4 is 46.4 Å². The van der Waals surface area contributed by atoms with Crippen molar-refractivity contribution in [3.05, 3.63) is 98.4 Å². The Hall–Kier alpha value is -2.82. The predicted octanol–water partition coefficient (Wildman–Crippen LogP) is 6.65. The summed E-state index contributed by atoms with van der Waals surface area (Å²) in [6.45, 7) is 7.96. The van der Waals surface area contributed by atoms with Crippen molar-refractivity contribution in [3.63, 3.8) is 0 Å². The summed E-state index contributed by atoms with van der Waals surface area (Å²) >= 11 is 7.32. The molecular formula is C26H22ClNO2S. The highest BCUT2D eigenvalue weighted by Crippen LogP contribution is 2.42. The van der Waals surface area contributed by atoms with Crippen molar-refractivity contribution < 1.29 is 9.59 Å². The Labute approximate surface area is 191 Å². The van der Waals surface area contributed by atoms with Gasteiger partial charge in [-0.15, -0.1) is 0 Å². The molecule has 0 aliphatic carbocycles. The number of carbonyl (C=O) groups is 2. The van der Waals surface area contributed by atoms with E-state index in [1.165, 1.54) is 16.7 Å². The van der Waals surface area contributed by atoms with Crippen LogP contribution in [0.1, 0.15) is 27.8 Å². The summed E-state index contributed by atoms with van der Waals surface area (Å²) in [5.74, 6) is -0.599. The molecule has 3 nitrogen and oxygen atoms in total. The number of nitrogens with zero attached hydrogens (tertiary/aromatic N) is 1. The minimum Gasteiger partial charge on any atom is -0.268 e. The molecule has 0 spiro atoms. The number of amides is 2. The Balaban J connectivity index is 1.85. The van der Waals surface area contributed by atoms with E-state index in [-0.39, 0.29) is 11.8 Å². The molecule has 0 radical (unpaired) electrons. The lowest BCUT2D eigenvalue weighted by atomic mass is 10.0. The second-order valence-electron chi connectivity index (χ2n) is 7.85. The number of rotatable bonds is 4. The molecule has 2 amide bonds. The topological polar surface area (TPSA) is 37.4 Å². The van der Waals surface area contributed by atoms with Crippen LogP contribution in [0.2, 0.25) is 5.02 Å². The number of anilines is 1. The molecule has 0 saturated carbocycles. The molecule has 4 rings (SSSR count). The van der Waals surface area contributed by atoms with Crippen LogP contribution in [0.4, 0.5) is 5.69 Å². The minimum absolute atomic E-state index is 0.297. The molecular weight excluding hydrogens is 426 g/mol. The van der Waals surface area contributed by atoms with Gasteiger partial charge in [-0.3, -0.25) is 9.59 Å². The van der Waals surface area contributed by atoms with E-state index in [9.17, 15) is 9.59 Å². The molecule has 5 heteroatoms. The lowest BCUT2D eigenvalue weighted by Gasteiger charge is -2.17. The maximum Gasteiger partial charge on any atom is 0.272 e. The normalized spacial score (nSPS) is 14.0. The van der Waals surface area contributed by atoms with Gasteiger partial charge in [0.2, 0.25) is 0 Å². The van der Waals surface area contributed by atoms with E-state index in [0.717, 1.165) is 32.7 Å². The van der Waals surface area contributed by atoms with E-state index in [1.54, 1.807) is 12.1 Å². The molecule has 1 aliphatic heterocycles. The van der Waals surface area contributed by atoms with Crippen LogP contribution in [0.25, 0.3) is 5.57 Å². The zero-order valence-electron chi connectivity index (χ0n) is 17.8. The summed E-state index contributed by atoms with van der Waals surface area (Å²) in [6.07, 6.45) is 0. The largest absolute Gasteiger partial charge is 0.272 e. The molecule has 0 unspecified atom stereocenters. The third kappa shape index (κ3) is 4.18. The summed E-state index contributed by atoms with van der Waals surface area (Å²) in [4.78, 5) is 29.7. The maximum atomic E-state index is 13.6. The fourth-order valence-corrected chi connectivity index (χ4v) is 4.81. The maximum absolute atomic E-state index is 13.6. The Morgan fingerprint density at radius 3 is 2.00 bits per heavy atom. The molecule has 0 fully saturated rings. The number of hydrogen-bond donors (Lipinski definition) is 0. The van der Waals surface area contributed by atoms with Crippen LogP contribution in [0.15, 0.2) is 70.5 Å². The van der Waals surface area contributed by atoms with E-state index in [4.69, 9.17) is 11.6 Å². The number of benzene rings is 3. The fourth-order valence-electron chi connectivity index (χ4n) is 3.69. The highest BCUT2D eigenvalue weighted by molar-refractivity contribution is 8.04. The lowest BCUT2D eigenvalue weighted by Crippen LogP contribution is -2.31. The summed E-state index contributed by atoms with van der Waals surface area (Å²) in [6, 6.07) is 18.9. The Morgan fingerprint density at radius 1 is 0.742 bits per heavy atom. The van der Waals surface area contributed by atoms with E-state index in [2.05, 4.69) is 0 Å². The second kappa shape index (κ2) is 8.37. The van der Waals surface area contributed by atoms with Crippen molar-refractivity contribution in [2.45, 2.75) is 32.6 Å². The van der Waals surface area contributed by atoms with Crippen LogP contribution in [-0.4, -0.2) is 11.8 Å². The number of aryl methyl sites for hydroxylation is 4. The lowest BCUT2D eigenvalue weighted by molar-refractivity contribution is -0.119. The SMILES string of the molecule is Cc1cc(C)cc(N2C(=O)C(Sc3ccc(Cl)cc3)=C(c3ccc(C)c(C)c3)C2=O)c1. The van der Waals surface area contributed by atoms with Gasteiger partial charge in [0.15, 0.2) is 0 Å². The zero-order chi connectivity index (χ0) is 22.3. The first-order valence-electron chi connectivity index (χ1n) is 9.97. The molecule has 156 valence electrons. The molecule has 0 aromatic heterocycles. The summed E-state index contributed by atoms with van der Waals surface area (Å²) < 4.78 is 0. The third-order valence-corrected chi connectivity index (χ3v) is 6.68. The Kier molecular flexibility index (Phi) is 5.78. The first-order valence-corrected chi connectivity index (χ1v) is 11.2. The molecule has 1 heterocycles. The van der Waals surface area contributed by atoms with Crippen LogP contribution in [0, 0.1) is 27.7 Å². The van der Waals surface area contributed by atoms with Gasteiger partial charge in [-0.1, -0.05) is 47.6 Å². The molecule has 0 saturated heterocycles. The molecule has 3 aromatic carbocycles. The van der Waals surface area contributed by atoms with Crippen LogP contribution in [0.5, 0.6) is 0 Å². The Morgan fingerprint density at radius 2 is 1.39 bits per heavy atom. The molecule has 31 heavy (non-hydrogen) atoms. The van der Waals surface area contributed by atoms with Crippen LogP contribution < -0.4 is 4.90 Å². The fraction of sp³-hybridized carbons (Fsp3) is 0.154. The number of imide groups is 1. The van der Waals surface area contributed by atoms with Gasteiger partial charge in [0, 0.05) is 9.92 Å². The quantitative estimate of drug-likeness (QED) is 0.420. The van der Waals surface area contributed by atoms with Crippen LogP contribution in [0.3, 0.4) is 0 Å². The monoisotopic (exact) mass is 447 g/mol. The highest BCUT2D eigenvalue weighted by atomic mass is 35.5. The van der Waals surface area contributed by atoms with Gasteiger partial charge in [-0.05, 0) is 91.9 Å².